The molecule has 2 N–H and O–H groups in total. The average molecular weight is 370 g/mol. The van der Waals surface area contributed by atoms with E-state index in [2.05, 4.69) is 47.9 Å². The summed E-state index contributed by atoms with van der Waals surface area (Å²) in [5.74, 6) is 1.67. The van der Waals surface area contributed by atoms with Crippen molar-refractivity contribution in [2.45, 2.75) is 45.6 Å². The van der Waals surface area contributed by atoms with Gasteiger partial charge in [-0.25, -0.2) is 0 Å². The van der Waals surface area contributed by atoms with Crippen molar-refractivity contribution in [3.05, 3.63) is 59.1 Å². The minimum atomic E-state index is 0.625. The number of aliphatic imine (C=N–C) groups is 1. The fraction of sp³-hybridized carbons (Fsp3) is 0.409. The number of para-hydroxylation sites is 2. The number of nitrogens with zero attached hydrogens (tertiary/aromatic N) is 1. The molecule has 0 bridgehead atoms. The van der Waals surface area contributed by atoms with Crippen molar-refractivity contribution in [3.8, 4) is 0 Å². The zero-order chi connectivity index (χ0) is 18.2. The molecule has 0 aliphatic carbocycles. The van der Waals surface area contributed by atoms with Crippen LogP contribution in [0, 0.1) is 5.92 Å². The van der Waals surface area contributed by atoms with E-state index in [0.717, 1.165) is 40.8 Å². The van der Waals surface area contributed by atoms with Crippen LogP contribution in [0.5, 0.6) is 0 Å². The first-order chi connectivity index (χ1) is 12.7. The largest absolute Gasteiger partial charge is 0.383 e. The number of hydrogen-bond donors (Lipinski definition) is 2. The first-order valence-corrected chi connectivity index (χ1v) is 9.96. The van der Waals surface area contributed by atoms with E-state index in [1.54, 1.807) is 0 Å². The van der Waals surface area contributed by atoms with Gasteiger partial charge < -0.3 is 10.6 Å². The molecule has 4 heteroatoms. The fourth-order valence-electron chi connectivity index (χ4n) is 3.33. The number of anilines is 2. The number of benzene rings is 2. The second-order valence-corrected chi connectivity index (χ2v) is 7.59. The molecule has 0 saturated carbocycles. The van der Waals surface area contributed by atoms with Gasteiger partial charge in [0.1, 0.15) is 5.84 Å². The van der Waals surface area contributed by atoms with Crippen molar-refractivity contribution in [1.29, 1.82) is 0 Å². The first kappa shape index (κ1) is 18.8. The van der Waals surface area contributed by atoms with Gasteiger partial charge in [0, 0.05) is 18.0 Å². The van der Waals surface area contributed by atoms with E-state index in [9.17, 15) is 0 Å². The van der Waals surface area contributed by atoms with E-state index in [1.165, 1.54) is 25.7 Å². The number of rotatable bonds is 2. The second kappa shape index (κ2) is 9.63. The van der Waals surface area contributed by atoms with Crippen LogP contribution in [0.1, 0.15) is 44.6 Å². The van der Waals surface area contributed by atoms with Crippen molar-refractivity contribution >= 4 is 28.8 Å². The molecule has 2 aromatic carbocycles. The van der Waals surface area contributed by atoms with Crippen LogP contribution in [-0.4, -0.2) is 12.4 Å². The molecule has 3 nitrogen and oxygen atoms in total. The standard InChI is InChI=1S/C22H28ClN3/c1-17-8-3-2-6-13-24-20-11-4-5-12-21(20)26-22(14-17)25-16-18-9-7-10-19(23)15-18/h4-5,7,9-12,15,17,24H,2-3,6,8,13-14,16H2,1H3,(H,25,26). The van der Waals surface area contributed by atoms with Gasteiger partial charge in [-0.15, -0.1) is 0 Å². The Hall–Kier alpha value is -2.00. The summed E-state index contributed by atoms with van der Waals surface area (Å²) in [5.41, 5.74) is 3.39. The maximum Gasteiger partial charge on any atom is 0.101 e. The molecule has 3 rings (SSSR count). The molecule has 1 heterocycles. The highest BCUT2D eigenvalue weighted by Crippen LogP contribution is 2.24. The predicted octanol–water partition coefficient (Wildman–Crippen LogP) is 6.36. The lowest BCUT2D eigenvalue weighted by atomic mass is 9.98. The second-order valence-electron chi connectivity index (χ2n) is 7.15. The van der Waals surface area contributed by atoms with Gasteiger partial charge in [0.25, 0.3) is 0 Å². The van der Waals surface area contributed by atoms with Crippen LogP contribution in [0.2, 0.25) is 5.02 Å². The minimum absolute atomic E-state index is 0.625. The molecule has 0 amide bonds. The molecular weight excluding hydrogens is 342 g/mol. The SMILES string of the molecule is CC1CCCCCNc2ccccc2NC(=NCc2cccc(Cl)c2)C1. The van der Waals surface area contributed by atoms with E-state index < -0.39 is 0 Å². The molecule has 1 unspecified atom stereocenters. The van der Waals surface area contributed by atoms with E-state index in [0.29, 0.717) is 12.5 Å². The number of amidine groups is 1. The predicted molar refractivity (Wildman–Crippen MR) is 113 cm³/mol. The number of fused-ring (bicyclic) bond motifs is 1. The van der Waals surface area contributed by atoms with E-state index >= 15 is 0 Å². The fourth-order valence-corrected chi connectivity index (χ4v) is 3.54. The normalized spacial score (nSPS) is 20.2. The Bertz CT molecular complexity index is 742. The van der Waals surface area contributed by atoms with Crippen LogP contribution >= 0.6 is 11.6 Å². The molecule has 0 fully saturated rings. The van der Waals surface area contributed by atoms with E-state index in [4.69, 9.17) is 16.6 Å². The van der Waals surface area contributed by atoms with Crippen LogP contribution in [-0.2, 0) is 6.54 Å². The summed E-state index contributed by atoms with van der Waals surface area (Å²) >= 11 is 6.11. The molecule has 26 heavy (non-hydrogen) atoms. The molecule has 1 aliphatic rings. The maximum atomic E-state index is 6.11. The molecule has 0 aromatic heterocycles. The average Bonchev–Trinajstić information content (AvgIpc) is 2.63. The molecule has 1 aliphatic heterocycles. The molecular formula is C22H28ClN3. The Balaban J connectivity index is 1.82. The third kappa shape index (κ3) is 5.77. The van der Waals surface area contributed by atoms with Crippen molar-refractivity contribution in [2.75, 3.05) is 17.2 Å². The maximum absolute atomic E-state index is 6.11. The van der Waals surface area contributed by atoms with Gasteiger partial charge in [0.15, 0.2) is 0 Å². The summed E-state index contributed by atoms with van der Waals surface area (Å²) in [7, 11) is 0. The Morgan fingerprint density at radius 1 is 1.04 bits per heavy atom. The van der Waals surface area contributed by atoms with Crippen molar-refractivity contribution in [2.24, 2.45) is 10.9 Å². The highest BCUT2D eigenvalue weighted by atomic mass is 35.5. The monoisotopic (exact) mass is 369 g/mol. The lowest BCUT2D eigenvalue weighted by Gasteiger charge is -2.19. The molecule has 1 atom stereocenters. The minimum Gasteiger partial charge on any atom is -0.383 e. The van der Waals surface area contributed by atoms with Gasteiger partial charge in [-0.2, -0.15) is 0 Å². The van der Waals surface area contributed by atoms with Crippen LogP contribution in [0.25, 0.3) is 0 Å². The Kier molecular flexibility index (Phi) is 6.96. The first-order valence-electron chi connectivity index (χ1n) is 9.58. The summed E-state index contributed by atoms with van der Waals surface area (Å²) in [6.45, 7) is 3.99. The lowest BCUT2D eigenvalue weighted by molar-refractivity contribution is 0.507. The van der Waals surface area contributed by atoms with Crippen molar-refractivity contribution in [3.63, 3.8) is 0 Å². The topological polar surface area (TPSA) is 36.4 Å². The molecule has 0 saturated heterocycles. The highest BCUT2D eigenvalue weighted by Gasteiger charge is 2.11. The van der Waals surface area contributed by atoms with Crippen LogP contribution in [0.15, 0.2) is 53.5 Å². The smallest absolute Gasteiger partial charge is 0.101 e. The van der Waals surface area contributed by atoms with Crippen molar-refractivity contribution in [1.82, 2.24) is 0 Å². The van der Waals surface area contributed by atoms with Gasteiger partial charge in [-0.3, -0.25) is 4.99 Å². The van der Waals surface area contributed by atoms with E-state index in [-0.39, 0.29) is 0 Å². The summed E-state index contributed by atoms with van der Waals surface area (Å²) in [6, 6.07) is 16.3. The highest BCUT2D eigenvalue weighted by molar-refractivity contribution is 6.30. The number of halogens is 1. The van der Waals surface area contributed by atoms with Gasteiger partial charge in [-0.1, -0.05) is 62.1 Å². The Labute approximate surface area is 161 Å². The lowest BCUT2D eigenvalue weighted by Crippen LogP contribution is -2.18. The summed E-state index contributed by atoms with van der Waals surface area (Å²) in [5, 5.41) is 7.91. The van der Waals surface area contributed by atoms with Gasteiger partial charge in [0.2, 0.25) is 0 Å². The van der Waals surface area contributed by atoms with Crippen molar-refractivity contribution < 1.29 is 0 Å². The molecule has 2 aromatic rings. The third-order valence-electron chi connectivity index (χ3n) is 4.78. The number of nitrogens with one attached hydrogen (secondary N) is 2. The summed E-state index contributed by atoms with van der Waals surface area (Å²) in [4.78, 5) is 4.89. The Morgan fingerprint density at radius 2 is 1.88 bits per heavy atom. The van der Waals surface area contributed by atoms with E-state index in [1.807, 2.05) is 18.2 Å². The van der Waals surface area contributed by atoms with Crippen LogP contribution < -0.4 is 10.6 Å². The summed E-state index contributed by atoms with van der Waals surface area (Å²) in [6.07, 6.45) is 6.00. The summed E-state index contributed by atoms with van der Waals surface area (Å²) < 4.78 is 0. The zero-order valence-corrected chi connectivity index (χ0v) is 16.2. The Morgan fingerprint density at radius 3 is 2.73 bits per heavy atom. The molecule has 138 valence electrons. The number of hydrogen-bond acceptors (Lipinski definition) is 2. The van der Waals surface area contributed by atoms with Gasteiger partial charge in [-0.05, 0) is 42.2 Å². The quantitative estimate of drug-likeness (QED) is 0.645. The van der Waals surface area contributed by atoms with Crippen LogP contribution in [0.3, 0.4) is 0 Å². The molecule has 0 radical (unpaired) electrons. The van der Waals surface area contributed by atoms with Crippen LogP contribution in [0.4, 0.5) is 11.4 Å². The third-order valence-corrected chi connectivity index (χ3v) is 5.01. The van der Waals surface area contributed by atoms with Gasteiger partial charge in [0.05, 0.1) is 17.9 Å². The van der Waals surface area contributed by atoms with Gasteiger partial charge >= 0.3 is 0 Å². The molecule has 0 spiro atoms. The zero-order valence-electron chi connectivity index (χ0n) is 15.5.